The number of aldehydes is 1. The van der Waals surface area contributed by atoms with Crippen molar-refractivity contribution in [3.05, 3.63) is 35.6 Å². The Morgan fingerprint density at radius 2 is 1.79 bits per heavy atom. The summed E-state index contributed by atoms with van der Waals surface area (Å²) in [7, 11) is -0.365. The van der Waals surface area contributed by atoms with Crippen molar-refractivity contribution >= 4 is 19.5 Å². The summed E-state index contributed by atoms with van der Waals surface area (Å²) in [4.78, 5) is 14.5. The molecular formula is C14H18BNO3. The molecule has 0 atom stereocenters. The van der Waals surface area contributed by atoms with Crippen molar-refractivity contribution in [2.24, 2.45) is 0 Å². The van der Waals surface area contributed by atoms with E-state index in [4.69, 9.17) is 9.31 Å². The van der Waals surface area contributed by atoms with Gasteiger partial charge in [0.05, 0.1) is 11.2 Å². The minimum Gasteiger partial charge on any atom is -0.400 e. The van der Waals surface area contributed by atoms with Crippen molar-refractivity contribution < 1.29 is 14.1 Å². The SMILES string of the molecule is CC1(C)OB(/C=C/c2ccc(C=O)nc2)OC1(C)C. The van der Waals surface area contributed by atoms with Crippen molar-refractivity contribution in [1.29, 1.82) is 0 Å². The molecule has 0 N–H and O–H groups in total. The van der Waals surface area contributed by atoms with Gasteiger partial charge in [0, 0.05) is 6.20 Å². The van der Waals surface area contributed by atoms with E-state index < -0.39 is 0 Å². The van der Waals surface area contributed by atoms with Gasteiger partial charge in [0.15, 0.2) is 6.29 Å². The van der Waals surface area contributed by atoms with Gasteiger partial charge in [0.25, 0.3) is 0 Å². The Morgan fingerprint density at radius 3 is 2.26 bits per heavy atom. The molecule has 0 unspecified atom stereocenters. The molecule has 0 spiro atoms. The van der Waals surface area contributed by atoms with Gasteiger partial charge in [0.2, 0.25) is 0 Å². The van der Waals surface area contributed by atoms with E-state index in [-0.39, 0.29) is 18.3 Å². The summed E-state index contributed by atoms with van der Waals surface area (Å²) in [5, 5.41) is 0. The third-order valence-corrected chi connectivity index (χ3v) is 3.65. The molecule has 0 radical (unpaired) electrons. The first kappa shape index (κ1) is 14.0. The van der Waals surface area contributed by atoms with Crippen molar-refractivity contribution in [3.8, 4) is 0 Å². The van der Waals surface area contributed by atoms with Crippen LogP contribution in [0.4, 0.5) is 0 Å². The number of rotatable bonds is 3. The summed E-state index contributed by atoms with van der Waals surface area (Å²) < 4.78 is 11.7. The monoisotopic (exact) mass is 259 g/mol. The first-order valence-electron chi connectivity index (χ1n) is 6.29. The zero-order valence-corrected chi connectivity index (χ0v) is 11.7. The molecule has 1 aliphatic heterocycles. The zero-order valence-electron chi connectivity index (χ0n) is 11.7. The van der Waals surface area contributed by atoms with E-state index in [1.807, 2.05) is 45.8 Å². The second-order valence-electron chi connectivity index (χ2n) is 5.62. The van der Waals surface area contributed by atoms with E-state index in [1.165, 1.54) is 0 Å². The van der Waals surface area contributed by atoms with E-state index in [2.05, 4.69) is 4.98 Å². The van der Waals surface area contributed by atoms with Crippen LogP contribution in [0.15, 0.2) is 24.3 Å². The predicted molar refractivity (Wildman–Crippen MR) is 74.7 cm³/mol. The van der Waals surface area contributed by atoms with Crippen molar-refractivity contribution in [2.75, 3.05) is 0 Å². The Bertz CT molecular complexity index is 478. The molecule has 0 aromatic carbocycles. The summed E-state index contributed by atoms with van der Waals surface area (Å²) in [6.07, 6.45) is 4.25. The lowest BCUT2D eigenvalue weighted by Gasteiger charge is -2.32. The van der Waals surface area contributed by atoms with Crippen LogP contribution in [0.25, 0.3) is 6.08 Å². The normalized spacial score (nSPS) is 20.9. The summed E-state index contributed by atoms with van der Waals surface area (Å²) in [5.41, 5.74) is 0.664. The smallest absolute Gasteiger partial charge is 0.400 e. The van der Waals surface area contributed by atoms with Crippen LogP contribution in [0, 0.1) is 0 Å². The maximum Gasteiger partial charge on any atom is 0.487 e. The molecule has 19 heavy (non-hydrogen) atoms. The van der Waals surface area contributed by atoms with Crippen LogP contribution in [0.2, 0.25) is 0 Å². The molecule has 5 heteroatoms. The van der Waals surface area contributed by atoms with E-state index in [0.29, 0.717) is 5.69 Å². The van der Waals surface area contributed by atoms with E-state index >= 15 is 0 Å². The largest absolute Gasteiger partial charge is 0.487 e. The number of hydrogen-bond donors (Lipinski definition) is 0. The van der Waals surface area contributed by atoms with E-state index in [1.54, 1.807) is 12.3 Å². The maximum absolute atomic E-state index is 10.5. The molecule has 100 valence electrons. The molecule has 1 fully saturated rings. The van der Waals surface area contributed by atoms with Crippen LogP contribution in [-0.2, 0) is 9.31 Å². The van der Waals surface area contributed by atoms with Crippen LogP contribution in [0.5, 0.6) is 0 Å². The van der Waals surface area contributed by atoms with Crippen molar-refractivity contribution in [1.82, 2.24) is 4.98 Å². The quantitative estimate of drug-likeness (QED) is 0.618. The molecule has 1 aromatic heterocycles. The number of hydrogen-bond acceptors (Lipinski definition) is 4. The molecule has 1 aliphatic rings. The molecule has 0 bridgehead atoms. The van der Waals surface area contributed by atoms with Gasteiger partial charge in [-0.05, 0) is 39.3 Å². The lowest BCUT2D eigenvalue weighted by molar-refractivity contribution is 0.00578. The maximum atomic E-state index is 10.5. The van der Waals surface area contributed by atoms with E-state index in [0.717, 1.165) is 11.8 Å². The highest BCUT2D eigenvalue weighted by molar-refractivity contribution is 6.52. The van der Waals surface area contributed by atoms with Gasteiger partial charge >= 0.3 is 7.12 Å². The fourth-order valence-corrected chi connectivity index (χ4v) is 1.74. The lowest BCUT2D eigenvalue weighted by atomic mass is 9.89. The molecule has 1 saturated heterocycles. The van der Waals surface area contributed by atoms with Gasteiger partial charge in [-0.25, -0.2) is 0 Å². The lowest BCUT2D eigenvalue weighted by Crippen LogP contribution is -2.41. The summed E-state index contributed by atoms with van der Waals surface area (Å²) in [5.74, 6) is 1.86. The molecule has 0 aliphatic carbocycles. The average Bonchev–Trinajstić information content (AvgIpc) is 2.56. The second-order valence-corrected chi connectivity index (χ2v) is 5.62. The Morgan fingerprint density at radius 1 is 1.16 bits per heavy atom. The first-order chi connectivity index (χ1) is 8.84. The fraction of sp³-hybridized carbons (Fsp3) is 0.429. The van der Waals surface area contributed by atoms with Gasteiger partial charge in [-0.2, -0.15) is 0 Å². The fourth-order valence-electron chi connectivity index (χ4n) is 1.74. The van der Waals surface area contributed by atoms with Crippen molar-refractivity contribution in [2.45, 2.75) is 38.9 Å². The number of pyridine rings is 1. The van der Waals surface area contributed by atoms with Gasteiger partial charge < -0.3 is 9.31 Å². The Kier molecular flexibility index (Phi) is 3.61. The minimum absolute atomic E-state index is 0.332. The molecule has 0 saturated carbocycles. The van der Waals surface area contributed by atoms with Gasteiger partial charge in [0.1, 0.15) is 5.69 Å². The third kappa shape index (κ3) is 2.93. The van der Waals surface area contributed by atoms with Crippen molar-refractivity contribution in [3.63, 3.8) is 0 Å². The molecule has 2 heterocycles. The van der Waals surface area contributed by atoms with Crippen LogP contribution in [-0.4, -0.2) is 29.6 Å². The second kappa shape index (κ2) is 4.91. The molecular weight excluding hydrogens is 241 g/mol. The van der Waals surface area contributed by atoms with Gasteiger partial charge in [-0.1, -0.05) is 18.1 Å². The number of nitrogens with zero attached hydrogens (tertiary/aromatic N) is 1. The number of aromatic nitrogens is 1. The summed E-state index contributed by atoms with van der Waals surface area (Å²) in [6, 6.07) is 3.51. The van der Waals surface area contributed by atoms with Gasteiger partial charge in [-0.3, -0.25) is 9.78 Å². The first-order valence-corrected chi connectivity index (χ1v) is 6.29. The topological polar surface area (TPSA) is 48.4 Å². The average molecular weight is 259 g/mol. The molecule has 0 amide bonds. The van der Waals surface area contributed by atoms with Crippen LogP contribution in [0.3, 0.4) is 0 Å². The molecule has 2 rings (SSSR count). The Labute approximate surface area is 114 Å². The number of carbonyl (C=O) groups excluding carboxylic acids is 1. The standard InChI is InChI=1S/C14H18BNO3/c1-13(2)14(3,4)19-15(18-13)8-7-11-5-6-12(10-17)16-9-11/h5-10H,1-4H3/b8-7+. The number of carbonyl (C=O) groups is 1. The van der Waals surface area contributed by atoms with Crippen LogP contribution >= 0.6 is 0 Å². The Balaban J connectivity index is 2.06. The highest BCUT2D eigenvalue weighted by Crippen LogP contribution is 2.36. The summed E-state index contributed by atoms with van der Waals surface area (Å²) >= 11 is 0. The van der Waals surface area contributed by atoms with Crippen LogP contribution < -0.4 is 0 Å². The van der Waals surface area contributed by atoms with Gasteiger partial charge in [-0.15, -0.1) is 0 Å². The third-order valence-electron chi connectivity index (χ3n) is 3.65. The highest BCUT2D eigenvalue weighted by Gasteiger charge is 2.49. The molecule has 4 nitrogen and oxygen atoms in total. The Hall–Kier alpha value is -1.46. The summed E-state index contributed by atoms with van der Waals surface area (Å²) in [6.45, 7) is 8.06. The van der Waals surface area contributed by atoms with Crippen LogP contribution in [0.1, 0.15) is 43.7 Å². The minimum atomic E-state index is -0.365. The zero-order chi connectivity index (χ0) is 14.1. The highest BCUT2D eigenvalue weighted by atomic mass is 16.7. The molecule has 1 aromatic rings. The van der Waals surface area contributed by atoms with E-state index in [9.17, 15) is 4.79 Å². The predicted octanol–water partition coefficient (Wildman–Crippen LogP) is 2.54.